The lowest BCUT2D eigenvalue weighted by Gasteiger charge is -2.14. The molecule has 1 aliphatic rings. The van der Waals surface area contributed by atoms with E-state index in [2.05, 4.69) is 0 Å². The first-order chi connectivity index (χ1) is 9.34. The van der Waals surface area contributed by atoms with Crippen LogP contribution in [0.25, 0.3) is 0 Å². The van der Waals surface area contributed by atoms with Crippen molar-refractivity contribution in [3.63, 3.8) is 0 Å². The third-order valence-corrected chi connectivity index (χ3v) is 2.55. The van der Waals surface area contributed by atoms with E-state index in [0.29, 0.717) is 5.91 Å². The lowest BCUT2D eigenvalue weighted by atomic mass is 10.2. The van der Waals surface area contributed by atoms with Gasteiger partial charge in [-0.15, -0.1) is 0 Å². The van der Waals surface area contributed by atoms with Crippen LogP contribution < -0.4 is 5.73 Å². The van der Waals surface area contributed by atoms with Crippen LogP contribution in [-0.2, 0) is 9.59 Å². The van der Waals surface area contributed by atoms with Crippen molar-refractivity contribution < 1.29 is 11.0 Å². The molecule has 0 atom stereocenters. The Balaban J connectivity index is -0.000000162. The number of nitrogens with zero attached hydrogens (tertiary/aromatic N) is 1. The number of likely N-dealkylation sites (tertiary alicyclic amines) is 1. The lowest BCUT2D eigenvalue weighted by molar-refractivity contribution is -0.127. The Morgan fingerprint density at radius 2 is 1.63 bits per heavy atom. The molecular formula is C15H36N2O2. The molecule has 4 heteroatoms. The first kappa shape index (κ1) is 23.2. The predicted molar refractivity (Wildman–Crippen MR) is 85.3 cm³/mol. The molecule has 1 rings (SSSR count). The predicted octanol–water partition coefficient (Wildman–Crippen LogP) is 3.24. The fraction of sp³-hybridized carbons (Fsp3) is 0.867. The van der Waals surface area contributed by atoms with Gasteiger partial charge in [0.05, 0.1) is 0 Å². The molecule has 1 amide bonds. The average Bonchev–Trinajstić information content (AvgIpc) is 2.91. The third-order valence-electron chi connectivity index (χ3n) is 2.55. The zero-order valence-electron chi connectivity index (χ0n) is 13.4. The van der Waals surface area contributed by atoms with E-state index in [9.17, 15) is 4.79 Å². The van der Waals surface area contributed by atoms with Gasteiger partial charge in [-0.1, -0.05) is 40.5 Å². The number of nitrogens with two attached hydrogens (primary N) is 1. The minimum Gasteiger partial charge on any atom is -0.343 e. The first-order valence-electron chi connectivity index (χ1n) is 7.61. The quantitative estimate of drug-likeness (QED) is 0.757. The minimum atomic E-state index is 0. The van der Waals surface area contributed by atoms with E-state index in [0.717, 1.165) is 45.3 Å². The summed E-state index contributed by atoms with van der Waals surface area (Å²) in [5.74, 6) is 0.346. The summed E-state index contributed by atoms with van der Waals surface area (Å²) in [6, 6.07) is 0. The molecule has 0 saturated carbocycles. The Morgan fingerprint density at radius 1 is 1.11 bits per heavy atom. The van der Waals surface area contributed by atoms with Gasteiger partial charge in [0.15, 0.2) is 0 Å². The van der Waals surface area contributed by atoms with Gasteiger partial charge in [-0.05, 0) is 25.8 Å². The molecule has 0 unspecified atom stereocenters. The summed E-state index contributed by atoms with van der Waals surface area (Å²) in [4.78, 5) is 21.2. The highest BCUT2D eigenvalue weighted by Crippen LogP contribution is 2.11. The molecule has 0 aliphatic carbocycles. The SMILES string of the molecule is C=O.CC.CC.NCCCCCCN1CCCC1=O.[HH]. The van der Waals surface area contributed by atoms with Crippen molar-refractivity contribution in [3.05, 3.63) is 0 Å². The number of carbonyl (C=O) groups is 2. The van der Waals surface area contributed by atoms with Gasteiger partial charge in [0.1, 0.15) is 6.79 Å². The molecule has 1 aliphatic heterocycles. The van der Waals surface area contributed by atoms with Gasteiger partial charge >= 0.3 is 0 Å². The maximum Gasteiger partial charge on any atom is 0.222 e. The zero-order valence-corrected chi connectivity index (χ0v) is 13.4. The van der Waals surface area contributed by atoms with Gasteiger partial charge in [-0.25, -0.2) is 0 Å². The molecule has 0 spiro atoms. The van der Waals surface area contributed by atoms with Crippen LogP contribution in [0, 0.1) is 0 Å². The fourth-order valence-electron chi connectivity index (χ4n) is 1.74. The smallest absolute Gasteiger partial charge is 0.222 e. The summed E-state index contributed by atoms with van der Waals surface area (Å²) in [6.45, 7) is 12.7. The molecule has 118 valence electrons. The number of hydrogen-bond acceptors (Lipinski definition) is 3. The van der Waals surface area contributed by atoms with E-state index in [-0.39, 0.29) is 1.43 Å². The Hall–Kier alpha value is -0.900. The van der Waals surface area contributed by atoms with Crippen molar-refractivity contribution in [1.29, 1.82) is 0 Å². The summed E-state index contributed by atoms with van der Waals surface area (Å²) < 4.78 is 0. The van der Waals surface area contributed by atoms with Crippen molar-refractivity contribution in [2.75, 3.05) is 19.6 Å². The Kier molecular flexibility index (Phi) is 27.2. The van der Waals surface area contributed by atoms with Crippen LogP contribution in [0.15, 0.2) is 0 Å². The minimum absolute atomic E-state index is 0. The van der Waals surface area contributed by atoms with Crippen molar-refractivity contribution in [2.24, 2.45) is 5.73 Å². The maximum atomic E-state index is 11.2. The molecule has 0 aromatic carbocycles. The molecule has 1 saturated heterocycles. The number of rotatable bonds is 6. The highest BCUT2D eigenvalue weighted by Gasteiger charge is 2.18. The molecule has 2 N–H and O–H groups in total. The van der Waals surface area contributed by atoms with Crippen molar-refractivity contribution in [1.82, 2.24) is 4.90 Å². The summed E-state index contributed by atoms with van der Waals surface area (Å²) >= 11 is 0. The average molecular weight is 276 g/mol. The van der Waals surface area contributed by atoms with E-state index >= 15 is 0 Å². The Labute approximate surface area is 121 Å². The van der Waals surface area contributed by atoms with E-state index in [4.69, 9.17) is 10.5 Å². The van der Waals surface area contributed by atoms with Gasteiger partial charge in [-0.3, -0.25) is 4.79 Å². The van der Waals surface area contributed by atoms with Gasteiger partial charge in [0.2, 0.25) is 5.91 Å². The number of unbranched alkanes of at least 4 members (excludes halogenated alkanes) is 3. The molecule has 4 nitrogen and oxygen atoms in total. The van der Waals surface area contributed by atoms with Crippen LogP contribution in [0.2, 0.25) is 0 Å². The van der Waals surface area contributed by atoms with Crippen molar-refractivity contribution in [3.8, 4) is 0 Å². The monoisotopic (exact) mass is 276 g/mol. The van der Waals surface area contributed by atoms with Gasteiger partial charge in [0.25, 0.3) is 0 Å². The van der Waals surface area contributed by atoms with Gasteiger partial charge < -0.3 is 15.4 Å². The molecule has 0 aromatic rings. The van der Waals surface area contributed by atoms with Crippen molar-refractivity contribution in [2.45, 2.75) is 66.2 Å². The highest BCUT2D eigenvalue weighted by molar-refractivity contribution is 5.77. The molecule has 1 heterocycles. The number of carbonyl (C=O) groups excluding carboxylic acids is 2. The molecule has 0 radical (unpaired) electrons. The largest absolute Gasteiger partial charge is 0.343 e. The van der Waals surface area contributed by atoms with Crippen molar-refractivity contribution >= 4 is 12.7 Å². The first-order valence-corrected chi connectivity index (χ1v) is 7.61. The van der Waals surface area contributed by atoms with Crippen LogP contribution >= 0.6 is 0 Å². The van der Waals surface area contributed by atoms with E-state index in [1.165, 1.54) is 12.8 Å². The normalized spacial score (nSPS) is 12.5. The van der Waals surface area contributed by atoms with Crippen LogP contribution in [-0.4, -0.2) is 37.2 Å². The van der Waals surface area contributed by atoms with Crippen LogP contribution in [0.4, 0.5) is 0 Å². The molecule has 19 heavy (non-hydrogen) atoms. The summed E-state index contributed by atoms with van der Waals surface area (Å²) in [7, 11) is 0. The number of amides is 1. The second-order valence-corrected chi connectivity index (χ2v) is 3.69. The zero-order chi connectivity index (χ0) is 15.5. The second-order valence-electron chi connectivity index (χ2n) is 3.69. The van der Waals surface area contributed by atoms with E-state index in [1.54, 1.807) is 0 Å². The summed E-state index contributed by atoms with van der Waals surface area (Å²) in [5.41, 5.74) is 5.39. The Bertz CT molecular complexity index is 181. The fourth-order valence-corrected chi connectivity index (χ4v) is 1.74. The topological polar surface area (TPSA) is 63.4 Å². The molecule has 0 aromatic heterocycles. The van der Waals surface area contributed by atoms with Crippen LogP contribution in [0.1, 0.15) is 67.6 Å². The van der Waals surface area contributed by atoms with Crippen LogP contribution in [0.3, 0.4) is 0 Å². The summed E-state index contributed by atoms with van der Waals surface area (Å²) in [6.07, 6.45) is 6.50. The molecule has 0 bridgehead atoms. The molecule has 1 fully saturated rings. The summed E-state index contributed by atoms with van der Waals surface area (Å²) in [5, 5.41) is 0. The second kappa shape index (κ2) is 22.3. The van der Waals surface area contributed by atoms with E-state index < -0.39 is 0 Å². The maximum absolute atomic E-state index is 11.2. The van der Waals surface area contributed by atoms with Gasteiger partial charge in [0, 0.05) is 20.9 Å². The number of hydrogen-bond donors (Lipinski definition) is 1. The lowest BCUT2D eigenvalue weighted by Crippen LogP contribution is -2.25. The van der Waals surface area contributed by atoms with Gasteiger partial charge in [-0.2, -0.15) is 0 Å². The third kappa shape index (κ3) is 15.0. The highest BCUT2D eigenvalue weighted by atomic mass is 16.2. The molecular weight excluding hydrogens is 240 g/mol. The van der Waals surface area contributed by atoms with E-state index in [1.807, 2.05) is 39.4 Å². The van der Waals surface area contributed by atoms with Crippen LogP contribution in [0.5, 0.6) is 0 Å². The standard InChI is InChI=1S/C10H20N2O.2C2H6.CH2O.H2/c11-7-3-1-2-4-8-12-9-5-6-10(12)13;3*1-2;/h1-9,11H2;2*1-2H3;1H2;1H. The Morgan fingerprint density at radius 3 is 2.05 bits per heavy atom.